The molecule has 0 spiro atoms. The highest BCUT2D eigenvalue weighted by Crippen LogP contribution is 2.25. The first-order valence-electron chi connectivity index (χ1n) is 7.53. The first kappa shape index (κ1) is 20.5. The third-order valence-electron chi connectivity index (χ3n) is 3.63. The average Bonchev–Trinajstić information content (AvgIpc) is 3.01. The fraction of sp³-hybridized carbons (Fsp3) is 0.400. The SMILES string of the molecule is Cl.O=S(=O)(NC1=NCC(=CCN2CCOCC2)S1)c1ccc(Cl)cc1. The van der Waals surface area contributed by atoms with Crippen LogP contribution in [0.15, 0.2) is 45.1 Å². The third-order valence-corrected chi connectivity index (χ3v) is 6.35. The van der Waals surface area contributed by atoms with Crippen LogP contribution in [0, 0.1) is 0 Å². The van der Waals surface area contributed by atoms with Crippen molar-refractivity contribution in [2.45, 2.75) is 4.90 Å². The molecular weight excluding hydrogens is 405 g/mol. The van der Waals surface area contributed by atoms with Gasteiger partial charge in [-0.2, -0.15) is 0 Å². The number of halogens is 2. The molecule has 1 aromatic rings. The lowest BCUT2D eigenvalue weighted by Gasteiger charge is -2.25. The molecule has 6 nitrogen and oxygen atoms in total. The van der Waals surface area contributed by atoms with Crippen LogP contribution in [-0.4, -0.2) is 57.9 Å². The molecule has 0 aliphatic carbocycles. The average molecular weight is 424 g/mol. The van der Waals surface area contributed by atoms with Crippen LogP contribution in [0.2, 0.25) is 5.02 Å². The second-order valence-electron chi connectivity index (χ2n) is 5.37. The number of hydrogen-bond acceptors (Lipinski definition) is 6. The molecule has 3 rings (SSSR count). The minimum absolute atomic E-state index is 0. The summed E-state index contributed by atoms with van der Waals surface area (Å²) in [7, 11) is -3.63. The van der Waals surface area contributed by atoms with Crippen molar-refractivity contribution >= 4 is 51.0 Å². The largest absolute Gasteiger partial charge is 0.379 e. The topological polar surface area (TPSA) is 71.0 Å². The summed E-state index contributed by atoms with van der Waals surface area (Å²) in [6, 6.07) is 6.04. The second kappa shape index (κ2) is 9.25. The van der Waals surface area contributed by atoms with Crippen molar-refractivity contribution < 1.29 is 13.2 Å². The minimum atomic E-state index is -3.63. The number of nitrogens with zero attached hydrogens (tertiary/aromatic N) is 2. The van der Waals surface area contributed by atoms with Crippen molar-refractivity contribution in [1.29, 1.82) is 0 Å². The van der Waals surface area contributed by atoms with Gasteiger partial charge < -0.3 is 4.74 Å². The fourth-order valence-corrected chi connectivity index (χ4v) is 4.49. The van der Waals surface area contributed by atoms with Gasteiger partial charge in [-0.05, 0) is 24.3 Å². The first-order valence-corrected chi connectivity index (χ1v) is 10.2. The monoisotopic (exact) mass is 423 g/mol. The number of nitrogens with one attached hydrogen (secondary N) is 1. The maximum Gasteiger partial charge on any atom is 0.263 e. The normalized spacial score (nSPS) is 20.2. The maximum absolute atomic E-state index is 12.3. The number of ether oxygens (including phenoxy) is 1. The van der Waals surface area contributed by atoms with Crippen molar-refractivity contribution in [3.63, 3.8) is 0 Å². The molecule has 0 amide bonds. The van der Waals surface area contributed by atoms with Gasteiger partial charge in [-0.15, -0.1) is 12.4 Å². The van der Waals surface area contributed by atoms with E-state index in [1.54, 1.807) is 12.1 Å². The molecule has 2 aliphatic heterocycles. The minimum Gasteiger partial charge on any atom is -0.379 e. The lowest BCUT2D eigenvalue weighted by atomic mass is 10.4. The van der Waals surface area contributed by atoms with E-state index in [0.29, 0.717) is 16.7 Å². The van der Waals surface area contributed by atoms with Gasteiger partial charge in [0.2, 0.25) is 0 Å². The van der Waals surface area contributed by atoms with E-state index in [-0.39, 0.29) is 17.3 Å². The summed E-state index contributed by atoms with van der Waals surface area (Å²) in [6.07, 6.45) is 2.10. The molecular formula is C15H19Cl2N3O3S2. The van der Waals surface area contributed by atoms with Gasteiger partial charge in [0.1, 0.15) is 0 Å². The molecule has 2 aliphatic rings. The summed E-state index contributed by atoms with van der Waals surface area (Å²) < 4.78 is 32.5. The molecule has 10 heteroatoms. The van der Waals surface area contributed by atoms with Gasteiger partial charge in [0, 0.05) is 29.6 Å². The van der Waals surface area contributed by atoms with Crippen LogP contribution in [0.3, 0.4) is 0 Å². The van der Waals surface area contributed by atoms with Crippen LogP contribution in [0.4, 0.5) is 0 Å². The number of benzene rings is 1. The summed E-state index contributed by atoms with van der Waals surface area (Å²) in [5.74, 6) is 0. The Balaban J connectivity index is 0.00000225. The standard InChI is InChI=1S/C15H18ClN3O3S2.ClH/c16-12-1-3-14(4-2-12)24(20,21)18-15-17-11-13(23-15)5-6-19-7-9-22-10-8-19;/h1-5H,6-11H2,(H,17,18);1H. The van der Waals surface area contributed by atoms with Crippen LogP contribution in [0.25, 0.3) is 0 Å². The molecule has 0 radical (unpaired) electrons. The highest BCUT2D eigenvalue weighted by atomic mass is 35.5. The second-order valence-corrected chi connectivity index (χ2v) is 8.60. The third kappa shape index (κ3) is 5.87. The molecule has 1 aromatic carbocycles. The van der Waals surface area contributed by atoms with E-state index in [2.05, 4.69) is 20.7 Å². The molecule has 25 heavy (non-hydrogen) atoms. The van der Waals surface area contributed by atoms with Gasteiger partial charge in [-0.1, -0.05) is 29.4 Å². The fourth-order valence-electron chi connectivity index (χ4n) is 2.30. The van der Waals surface area contributed by atoms with Gasteiger partial charge in [-0.25, -0.2) is 8.42 Å². The molecule has 0 bridgehead atoms. The Hall–Kier alpha value is -0.770. The van der Waals surface area contributed by atoms with E-state index in [4.69, 9.17) is 16.3 Å². The van der Waals surface area contributed by atoms with E-state index >= 15 is 0 Å². The van der Waals surface area contributed by atoms with Crippen molar-refractivity contribution in [3.05, 3.63) is 40.3 Å². The summed E-state index contributed by atoms with van der Waals surface area (Å²) in [5, 5.41) is 0.896. The van der Waals surface area contributed by atoms with E-state index in [9.17, 15) is 8.42 Å². The number of sulfonamides is 1. The van der Waals surface area contributed by atoms with E-state index < -0.39 is 10.0 Å². The van der Waals surface area contributed by atoms with Crippen LogP contribution in [0.1, 0.15) is 0 Å². The maximum atomic E-state index is 12.3. The zero-order valence-corrected chi connectivity index (χ0v) is 16.6. The Bertz CT molecular complexity index is 746. The van der Waals surface area contributed by atoms with E-state index in [1.165, 1.54) is 23.9 Å². The number of hydrogen-bond donors (Lipinski definition) is 1. The van der Waals surface area contributed by atoms with Crippen LogP contribution in [0.5, 0.6) is 0 Å². The Labute approximate surface area is 163 Å². The zero-order valence-electron chi connectivity index (χ0n) is 13.4. The quantitative estimate of drug-likeness (QED) is 0.804. The number of aliphatic imine (C=N–C) groups is 1. The molecule has 0 atom stereocenters. The predicted octanol–water partition coefficient (Wildman–Crippen LogP) is 2.36. The number of rotatable bonds is 4. The Kier molecular flexibility index (Phi) is 7.60. The van der Waals surface area contributed by atoms with Crippen molar-refractivity contribution in [2.75, 3.05) is 39.4 Å². The predicted molar refractivity (Wildman–Crippen MR) is 104 cm³/mol. The number of thioether (sulfide) groups is 1. The summed E-state index contributed by atoms with van der Waals surface area (Å²) in [5.41, 5.74) is 0. The van der Waals surface area contributed by atoms with Gasteiger partial charge in [0.15, 0.2) is 5.17 Å². The van der Waals surface area contributed by atoms with Crippen molar-refractivity contribution in [1.82, 2.24) is 9.62 Å². The Morgan fingerprint density at radius 3 is 2.64 bits per heavy atom. The lowest BCUT2D eigenvalue weighted by Crippen LogP contribution is -2.36. The molecule has 0 aromatic heterocycles. The summed E-state index contributed by atoms with van der Waals surface area (Å²) in [4.78, 5) is 7.78. The van der Waals surface area contributed by atoms with Crippen LogP contribution < -0.4 is 4.72 Å². The van der Waals surface area contributed by atoms with E-state index in [0.717, 1.165) is 37.8 Å². The first-order chi connectivity index (χ1) is 11.5. The molecule has 0 saturated carbocycles. The smallest absolute Gasteiger partial charge is 0.263 e. The summed E-state index contributed by atoms with van der Waals surface area (Å²) >= 11 is 7.15. The van der Waals surface area contributed by atoms with E-state index in [1.807, 2.05) is 0 Å². The highest BCUT2D eigenvalue weighted by Gasteiger charge is 2.21. The number of morpholine rings is 1. The molecule has 138 valence electrons. The summed E-state index contributed by atoms with van der Waals surface area (Å²) in [6.45, 7) is 4.71. The van der Waals surface area contributed by atoms with Gasteiger partial charge in [0.05, 0.1) is 24.7 Å². The number of amidine groups is 1. The van der Waals surface area contributed by atoms with Gasteiger partial charge >= 0.3 is 0 Å². The van der Waals surface area contributed by atoms with Crippen molar-refractivity contribution in [3.8, 4) is 0 Å². The van der Waals surface area contributed by atoms with Crippen LogP contribution >= 0.6 is 35.8 Å². The Morgan fingerprint density at radius 2 is 1.96 bits per heavy atom. The van der Waals surface area contributed by atoms with Crippen molar-refractivity contribution in [2.24, 2.45) is 4.99 Å². The molecule has 1 fully saturated rings. The lowest BCUT2D eigenvalue weighted by molar-refractivity contribution is 0.0434. The van der Waals surface area contributed by atoms with Gasteiger partial charge in [-0.3, -0.25) is 14.6 Å². The van der Waals surface area contributed by atoms with Crippen LogP contribution in [-0.2, 0) is 14.8 Å². The zero-order chi connectivity index (χ0) is 17.0. The highest BCUT2D eigenvalue weighted by molar-refractivity contribution is 8.18. The molecule has 0 unspecified atom stereocenters. The molecule has 1 saturated heterocycles. The Morgan fingerprint density at radius 1 is 1.28 bits per heavy atom. The molecule has 2 heterocycles. The van der Waals surface area contributed by atoms with Gasteiger partial charge in [0.25, 0.3) is 10.0 Å². The molecule has 1 N–H and O–H groups in total.